The number of phenols is 1. The largest absolute Gasteiger partial charge is 0.507 e. The summed E-state index contributed by atoms with van der Waals surface area (Å²) in [6, 6.07) is 4.26. The Morgan fingerprint density at radius 2 is 2.33 bits per heavy atom. The van der Waals surface area contributed by atoms with E-state index in [2.05, 4.69) is 10.6 Å². The van der Waals surface area contributed by atoms with Gasteiger partial charge in [-0.25, -0.2) is 0 Å². The van der Waals surface area contributed by atoms with Crippen LogP contribution in [0.1, 0.15) is 10.4 Å². The molecule has 2 rings (SSSR count). The molecule has 0 saturated carbocycles. The number of aromatic hydroxyl groups is 1. The summed E-state index contributed by atoms with van der Waals surface area (Å²) in [5, 5.41) is 16.0. The molecule has 0 radical (unpaired) electrons. The number of hydrogen-bond donors (Lipinski definition) is 3. The Morgan fingerprint density at radius 3 is 3.06 bits per heavy atom. The van der Waals surface area contributed by atoms with Gasteiger partial charge >= 0.3 is 0 Å². The molecule has 0 spiro atoms. The number of amides is 1. The van der Waals surface area contributed by atoms with Crippen LogP contribution in [0.4, 0.5) is 0 Å². The normalized spacial score (nSPS) is 23.0. The van der Waals surface area contributed by atoms with E-state index in [1.807, 2.05) is 0 Å². The number of ether oxygens (including phenoxy) is 1. The molecule has 6 heteroatoms. The number of rotatable bonds is 3. The summed E-state index contributed by atoms with van der Waals surface area (Å²) in [6.07, 6.45) is -0.0599. The SMILES string of the molecule is CO[C@@H]1CNCC1NC(=O)c1cc(Cl)ccc1O. The van der Waals surface area contributed by atoms with Gasteiger partial charge in [0.2, 0.25) is 0 Å². The van der Waals surface area contributed by atoms with E-state index >= 15 is 0 Å². The molecule has 0 aliphatic carbocycles. The van der Waals surface area contributed by atoms with Gasteiger partial charge in [0.15, 0.2) is 0 Å². The fourth-order valence-electron chi connectivity index (χ4n) is 1.98. The van der Waals surface area contributed by atoms with E-state index < -0.39 is 0 Å². The fourth-order valence-corrected chi connectivity index (χ4v) is 2.15. The third-order valence-electron chi connectivity index (χ3n) is 2.98. The molecule has 1 aliphatic rings. The molecule has 1 unspecified atom stereocenters. The zero-order chi connectivity index (χ0) is 13.1. The van der Waals surface area contributed by atoms with Crippen LogP contribution in [0.5, 0.6) is 5.75 Å². The van der Waals surface area contributed by atoms with Gasteiger partial charge in [-0.3, -0.25) is 4.79 Å². The lowest BCUT2D eigenvalue weighted by Crippen LogP contribution is -2.43. The molecule has 0 bridgehead atoms. The smallest absolute Gasteiger partial charge is 0.255 e. The lowest BCUT2D eigenvalue weighted by molar-refractivity contribution is 0.0778. The zero-order valence-corrected chi connectivity index (χ0v) is 10.7. The van der Waals surface area contributed by atoms with Crippen LogP contribution in [0.15, 0.2) is 18.2 Å². The van der Waals surface area contributed by atoms with E-state index in [0.717, 1.165) is 0 Å². The van der Waals surface area contributed by atoms with Crippen molar-refractivity contribution in [2.75, 3.05) is 20.2 Å². The Balaban J connectivity index is 2.09. The minimum Gasteiger partial charge on any atom is -0.507 e. The summed E-state index contributed by atoms with van der Waals surface area (Å²) in [7, 11) is 1.60. The number of methoxy groups -OCH3 is 1. The summed E-state index contributed by atoms with van der Waals surface area (Å²) >= 11 is 5.81. The average Bonchev–Trinajstić information content (AvgIpc) is 2.79. The van der Waals surface area contributed by atoms with Crippen LogP contribution in [0, 0.1) is 0 Å². The van der Waals surface area contributed by atoms with Crippen LogP contribution in [0.25, 0.3) is 0 Å². The number of hydrogen-bond acceptors (Lipinski definition) is 4. The highest BCUT2D eigenvalue weighted by molar-refractivity contribution is 6.31. The Morgan fingerprint density at radius 1 is 1.56 bits per heavy atom. The van der Waals surface area contributed by atoms with Gasteiger partial charge in [0, 0.05) is 25.2 Å². The second kappa shape index (κ2) is 5.56. The molecule has 1 aromatic rings. The van der Waals surface area contributed by atoms with Crippen molar-refractivity contribution >= 4 is 17.5 Å². The van der Waals surface area contributed by atoms with E-state index in [0.29, 0.717) is 18.1 Å². The first-order chi connectivity index (χ1) is 8.61. The first-order valence-electron chi connectivity index (χ1n) is 5.64. The maximum absolute atomic E-state index is 12.0. The summed E-state index contributed by atoms with van der Waals surface area (Å²) in [4.78, 5) is 12.0. The standard InChI is InChI=1S/C12H15ClN2O3/c1-18-11-6-14-5-9(11)15-12(17)8-4-7(13)2-3-10(8)16/h2-4,9,11,14,16H,5-6H2,1H3,(H,15,17)/t9?,11-/m1/s1. The van der Waals surface area contributed by atoms with Crippen LogP contribution in [0.2, 0.25) is 5.02 Å². The molecule has 1 aromatic carbocycles. The maximum Gasteiger partial charge on any atom is 0.255 e. The predicted octanol–water partition coefficient (Wildman–Crippen LogP) is 0.762. The lowest BCUT2D eigenvalue weighted by atomic mass is 10.1. The van der Waals surface area contributed by atoms with Gasteiger partial charge in [0.1, 0.15) is 5.75 Å². The second-order valence-electron chi connectivity index (χ2n) is 4.17. The summed E-state index contributed by atoms with van der Waals surface area (Å²) < 4.78 is 5.25. The molecule has 18 heavy (non-hydrogen) atoms. The molecular weight excluding hydrogens is 256 g/mol. The highest BCUT2D eigenvalue weighted by Gasteiger charge is 2.29. The minimum atomic E-state index is -0.356. The number of carbonyl (C=O) groups excluding carboxylic acids is 1. The number of carbonyl (C=O) groups is 1. The Hall–Kier alpha value is -1.30. The first-order valence-corrected chi connectivity index (χ1v) is 6.02. The molecule has 5 nitrogen and oxygen atoms in total. The fraction of sp³-hybridized carbons (Fsp3) is 0.417. The van der Waals surface area contributed by atoms with Crippen molar-refractivity contribution in [2.45, 2.75) is 12.1 Å². The van der Waals surface area contributed by atoms with Gasteiger partial charge in [0.25, 0.3) is 5.91 Å². The number of halogens is 1. The van der Waals surface area contributed by atoms with Crippen molar-refractivity contribution in [3.05, 3.63) is 28.8 Å². The van der Waals surface area contributed by atoms with Gasteiger partial charge < -0.3 is 20.5 Å². The molecule has 3 N–H and O–H groups in total. The van der Waals surface area contributed by atoms with Gasteiger partial charge in [-0.2, -0.15) is 0 Å². The van der Waals surface area contributed by atoms with Crippen molar-refractivity contribution in [3.63, 3.8) is 0 Å². The number of benzene rings is 1. The Kier molecular flexibility index (Phi) is 4.06. The van der Waals surface area contributed by atoms with Crippen LogP contribution in [0.3, 0.4) is 0 Å². The van der Waals surface area contributed by atoms with E-state index in [1.54, 1.807) is 7.11 Å². The number of nitrogens with one attached hydrogen (secondary N) is 2. The monoisotopic (exact) mass is 270 g/mol. The highest BCUT2D eigenvalue weighted by atomic mass is 35.5. The highest BCUT2D eigenvalue weighted by Crippen LogP contribution is 2.21. The number of phenolic OH excluding ortho intramolecular Hbond substituents is 1. The summed E-state index contributed by atoms with van der Waals surface area (Å²) in [5.41, 5.74) is 0.171. The molecule has 1 fully saturated rings. The molecule has 1 heterocycles. The van der Waals surface area contributed by atoms with E-state index in [-0.39, 0.29) is 29.4 Å². The first kappa shape index (κ1) is 13.1. The second-order valence-corrected chi connectivity index (χ2v) is 4.61. The molecule has 98 valence electrons. The Labute approximate surface area is 110 Å². The average molecular weight is 271 g/mol. The van der Waals surface area contributed by atoms with Crippen LogP contribution in [-0.2, 0) is 4.74 Å². The van der Waals surface area contributed by atoms with Crippen LogP contribution >= 0.6 is 11.6 Å². The topological polar surface area (TPSA) is 70.6 Å². The van der Waals surface area contributed by atoms with Crippen molar-refractivity contribution in [1.82, 2.24) is 10.6 Å². The van der Waals surface area contributed by atoms with Gasteiger partial charge in [-0.15, -0.1) is 0 Å². The lowest BCUT2D eigenvalue weighted by Gasteiger charge is -2.18. The minimum absolute atomic E-state index is 0.0599. The van der Waals surface area contributed by atoms with Crippen molar-refractivity contribution < 1.29 is 14.6 Å². The van der Waals surface area contributed by atoms with Crippen molar-refractivity contribution in [3.8, 4) is 5.75 Å². The molecule has 2 atom stereocenters. The Bertz CT molecular complexity index is 453. The summed E-state index contributed by atoms with van der Waals surface area (Å²) in [5.74, 6) is -0.442. The van der Waals surface area contributed by atoms with E-state index in [9.17, 15) is 9.90 Å². The van der Waals surface area contributed by atoms with Gasteiger partial charge in [-0.1, -0.05) is 11.6 Å². The molecule has 1 amide bonds. The summed E-state index contributed by atoms with van der Waals surface area (Å²) in [6.45, 7) is 1.34. The van der Waals surface area contributed by atoms with Gasteiger partial charge in [-0.05, 0) is 18.2 Å². The third kappa shape index (κ3) is 2.75. The molecular formula is C12H15ClN2O3. The maximum atomic E-state index is 12.0. The van der Waals surface area contributed by atoms with Crippen LogP contribution < -0.4 is 10.6 Å². The quantitative estimate of drug-likeness (QED) is 0.759. The van der Waals surface area contributed by atoms with Crippen molar-refractivity contribution in [2.24, 2.45) is 0 Å². The molecule has 1 saturated heterocycles. The third-order valence-corrected chi connectivity index (χ3v) is 3.22. The molecule has 0 aromatic heterocycles. The molecule has 1 aliphatic heterocycles. The zero-order valence-electron chi connectivity index (χ0n) is 9.94. The van der Waals surface area contributed by atoms with Gasteiger partial charge in [0.05, 0.1) is 17.7 Å². The van der Waals surface area contributed by atoms with Crippen LogP contribution in [-0.4, -0.2) is 43.4 Å². The van der Waals surface area contributed by atoms with E-state index in [4.69, 9.17) is 16.3 Å². The van der Waals surface area contributed by atoms with E-state index in [1.165, 1.54) is 18.2 Å². The van der Waals surface area contributed by atoms with Crippen molar-refractivity contribution in [1.29, 1.82) is 0 Å². The predicted molar refractivity (Wildman–Crippen MR) is 68.0 cm³/mol.